The van der Waals surface area contributed by atoms with Gasteiger partial charge in [0.15, 0.2) is 5.82 Å². The highest BCUT2D eigenvalue weighted by atomic mass is 16.2. The van der Waals surface area contributed by atoms with E-state index in [-0.39, 0.29) is 5.91 Å². The Balaban J connectivity index is 1.98. The van der Waals surface area contributed by atoms with Crippen LogP contribution in [0.25, 0.3) is 0 Å². The molecule has 0 atom stereocenters. The molecule has 0 spiro atoms. The molecule has 0 radical (unpaired) electrons. The van der Waals surface area contributed by atoms with Crippen molar-refractivity contribution in [1.29, 1.82) is 0 Å². The van der Waals surface area contributed by atoms with Crippen LogP contribution in [-0.2, 0) is 4.79 Å². The molecule has 0 aliphatic carbocycles. The minimum absolute atomic E-state index is 0.0682. The first-order valence-corrected chi connectivity index (χ1v) is 6.41. The fraction of sp³-hybridized carbons (Fsp3) is 0.200. The number of hydrogen-bond acceptors (Lipinski definition) is 4. The normalized spacial score (nSPS) is 14.6. The standard InChI is InChI=1S/C15H14N4O/c1-10-8-14(17-11(2)16-10)19-15(20)9-13(18-19)12-6-4-3-5-7-12/h3-8H,9H2,1-2H3. The van der Waals surface area contributed by atoms with E-state index >= 15 is 0 Å². The number of aromatic nitrogens is 2. The van der Waals surface area contributed by atoms with Gasteiger partial charge in [-0.1, -0.05) is 30.3 Å². The molecule has 100 valence electrons. The molecule has 0 saturated carbocycles. The molecule has 1 amide bonds. The van der Waals surface area contributed by atoms with Gasteiger partial charge in [-0.3, -0.25) is 4.79 Å². The molecule has 5 nitrogen and oxygen atoms in total. The molecule has 1 aliphatic rings. The van der Waals surface area contributed by atoms with Crippen molar-refractivity contribution in [2.75, 3.05) is 5.01 Å². The van der Waals surface area contributed by atoms with Crippen molar-refractivity contribution in [1.82, 2.24) is 9.97 Å². The molecule has 3 rings (SSSR count). The van der Waals surface area contributed by atoms with Gasteiger partial charge in [-0.2, -0.15) is 10.1 Å². The van der Waals surface area contributed by atoms with Crippen LogP contribution in [0.3, 0.4) is 0 Å². The number of rotatable bonds is 2. The molecule has 1 aromatic carbocycles. The highest BCUT2D eigenvalue weighted by Crippen LogP contribution is 2.21. The smallest absolute Gasteiger partial charge is 0.254 e. The second-order valence-corrected chi connectivity index (χ2v) is 4.71. The van der Waals surface area contributed by atoms with Gasteiger partial charge in [0, 0.05) is 11.8 Å². The van der Waals surface area contributed by atoms with Crippen molar-refractivity contribution in [3.63, 3.8) is 0 Å². The third-order valence-electron chi connectivity index (χ3n) is 3.05. The van der Waals surface area contributed by atoms with E-state index < -0.39 is 0 Å². The maximum absolute atomic E-state index is 12.1. The lowest BCUT2D eigenvalue weighted by Gasteiger charge is -2.11. The lowest BCUT2D eigenvalue weighted by molar-refractivity contribution is -0.116. The zero-order chi connectivity index (χ0) is 14.1. The summed E-state index contributed by atoms with van der Waals surface area (Å²) < 4.78 is 0. The molecule has 1 aliphatic heterocycles. The topological polar surface area (TPSA) is 58.5 Å². The molecule has 5 heteroatoms. The fourth-order valence-electron chi connectivity index (χ4n) is 2.21. The monoisotopic (exact) mass is 266 g/mol. The van der Waals surface area contributed by atoms with Gasteiger partial charge >= 0.3 is 0 Å². The van der Waals surface area contributed by atoms with E-state index in [1.54, 1.807) is 13.0 Å². The van der Waals surface area contributed by atoms with Crippen LogP contribution in [-0.4, -0.2) is 21.6 Å². The third-order valence-corrected chi connectivity index (χ3v) is 3.05. The van der Waals surface area contributed by atoms with Crippen molar-refractivity contribution < 1.29 is 4.79 Å². The fourth-order valence-corrected chi connectivity index (χ4v) is 2.21. The zero-order valence-corrected chi connectivity index (χ0v) is 11.4. The Morgan fingerprint density at radius 1 is 1.10 bits per heavy atom. The summed E-state index contributed by atoms with van der Waals surface area (Å²) in [5, 5.41) is 5.77. The summed E-state index contributed by atoms with van der Waals surface area (Å²) >= 11 is 0. The quantitative estimate of drug-likeness (QED) is 0.837. The predicted molar refractivity (Wildman–Crippen MR) is 76.6 cm³/mol. The van der Waals surface area contributed by atoms with Gasteiger partial charge in [-0.05, 0) is 19.4 Å². The molecule has 0 saturated heterocycles. The number of aryl methyl sites for hydroxylation is 2. The Kier molecular flexibility index (Phi) is 3.02. The first-order valence-electron chi connectivity index (χ1n) is 6.41. The molecule has 2 aromatic rings. The van der Waals surface area contributed by atoms with Crippen LogP contribution in [0.15, 0.2) is 41.5 Å². The van der Waals surface area contributed by atoms with Crippen molar-refractivity contribution in [2.45, 2.75) is 20.3 Å². The number of benzene rings is 1. The van der Waals surface area contributed by atoms with Crippen molar-refractivity contribution in [2.24, 2.45) is 5.10 Å². The van der Waals surface area contributed by atoms with Crippen molar-refractivity contribution >= 4 is 17.4 Å². The number of carbonyl (C=O) groups excluding carboxylic acids is 1. The van der Waals surface area contributed by atoms with Gasteiger partial charge < -0.3 is 0 Å². The van der Waals surface area contributed by atoms with E-state index in [9.17, 15) is 4.79 Å². The molecule has 0 N–H and O–H groups in total. The van der Waals surface area contributed by atoms with Gasteiger partial charge in [0.2, 0.25) is 0 Å². The SMILES string of the molecule is Cc1cc(N2N=C(c3ccccc3)CC2=O)nc(C)n1. The van der Waals surface area contributed by atoms with Gasteiger partial charge in [0.25, 0.3) is 5.91 Å². The number of carbonyl (C=O) groups is 1. The molecule has 0 unspecified atom stereocenters. The van der Waals surface area contributed by atoms with Gasteiger partial charge in [0.05, 0.1) is 12.1 Å². The Labute approximate surface area is 117 Å². The average molecular weight is 266 g/mol. The van der Waals surface area contributed by atoms with Gasteiger partial charge in [-0.15, -0.1) is 0 Å². The van der Waals surface area contributed by atoms with Crippen molar-refractivity contribution in [3.05, 3.63) is 53.5 Å². The summed E-state index contributed by atoms with van der Waals surface area (Å²) in [5.74, 6) is 1.10. The number of hydrazone groups is 1. The van der Waals surface area contributed by atoms with E-state index in [1.165, 1.54) is 5.01 Å². The van der Waals surface area contributed by atoms with E-state index in [0.29, 0.717) is 18.1 Å². The van der Waals surface area contributed by atoms with Crippen molar-refractivity contribution in [3.8, 4) is 0 Å². The first-order chi connectivity index (χ1) is 9.63. The number of amides is 1. The van der Waals surface area contributed by atoms with E-state index in [2.05, 4.69) is 15.1 Å². The van der Waals surface area contributed by atoms with Crippen LogP contribution in [0.1, 0.15) is 23.5 Å². The number of hydrogen-bond donors (Lipinski definition) is 0. The van der Waals surface area contributed by atoms with E-state index in [1.807, 2.05) is 37.3 Å². The lowest BCUT2D eigenvalue weighted by atomic mass is 10.1. The Bertz CT molecular complexity index is 674. The summed E-state index contributed by atoms with van der Waals surface area (Å²) in [5.41, 5.74) is 2.55. The largest absolute Gasteiger partial charge is 0.272 e. The number of anilines is 1. The Hall–Kier alpha value is -2.56. The summed E-state index contributed by atoms with van der Waals surface area (Å²) in [4.78, 5) is 20.6. The molecule has 0 bridgehead atoms. The first kappa shape index (κ1) is 12.5. The summed E-state index contributed by atoms with van der Waals surface area (Å²) in [6.45, 7) is 3.68. The van der Waals surface area contributed by atoms with Crippen LogP contribution in [0.4, 0.5) is 5.82 Å². The Morgan fingerprint density at radius 3 is 2.55 bits per heavy atom. The second kappa shape index (κ2) is 4.85. The highest BCUT2D eigenvalue weighted by Gasteiger charge is 2.27. The molecule has 20 heavy (non-hydrogen) atoms. The minimum atomic E-state index is -0.0682. The van der Waals surface area contributed by atoms with Gasteiger partial charge in [-0.25, -0.2) is 9.97 Å². The molecule has 0 fully saturated rings. The third kappa shape index (κ3) is 2.30. The number of nitrogens with zero attached hydrogens (tertiary/aromatic N) is 4. The highest BCUT2D eigenvalue weighted by molar-refractivity contribution is 6.19. The summed E-state index contributed by atoms with van der Waals surface area (Å²) in [6.07, 6.45) is 0.298. The van der Waals surface area contributed by atoms with E-state index in [0.717, 1.165) is 17.0 Å². The van der Waals surface area contributed by atoms with Crippen LogP contribution in [0.2, 0.25) is 0 Å². The molecular formula is C15H14N4O. The maximum atomic E-state index is 12.1. The minimum Gasteiger partial charge on any atom is -0.272 e. The summed E-state index contributed by atoms with van der Waals surface area (Å²) in [6, 6.07) is 11.5. The van der Waals surface area contributed by atoms with E-state index in [4.69, 9.17) is 0 Å². The van der Waals surface area contributed by atoms with Gasteiger partial charge in [0.1, 0.15) is 5.82 Å². The molecule has 1 aromatic heterocycles. The summed E-state index contributed by atoms with van der Waals surface area (Å²) in [7, 11) is 0. The maximum Gasteiger partial charge on any atom is 0.254 e. The second-order valence-electron chi connectivity index (χ2n) is 4.71. The predicted octanol–water partition coefficient (Wildman–Crippen LogP) is 2.23. The molecule has 2 heterocycles. The zero-order valence-electron chi connectivity index (χ0n) is 11.4. The lowest BCUT2D eigenvalue weighted by Crippen LogP contribution is -2.21. The van der Waals surface area contributed by atoms with Crippen LogP contribution in [0.5, 0.6) is 0 Å². The van der Waals surface area contributed by atoms with Crippen LogP contribution < -0.4 is 5.01 Å². The van der Waals surface area contributed by atoms with Crippen LogP contribution in [0, 0.1) is 13.8 Å². The molecular weight excluding hydrogens is 252 g/mol. The van der Waals surface area contributed by atoms with Crippen LogP contribution >= 0.6 is 0 Å². The Morgan fingerprint density at radius 2 is 1.85 bits per heavy atom. The average Bonchev–Trinajstić information content (AvgIpc) is 2.81.